The third-order valence-electron chi connectivity index (χ3n) is 15.1. The van der Waals surface area contributed by atoms with Crippen molar-refractivity contribution >= 4 is 25.7 Å². The molecule has 4 N–H and O–H groups in total. The number of hydrogen-bond acceptors (Lipinski definition) is 9. The van der Waals surface area contributed by atoms with E-state index in [1.54, 1.807) is 7.11 Å². The van der Waals surface area contributed by atoms with Gasteiger partial charge in [0.05, 0.1) is 12.0 Å². The van der Waals surface area contributed by atoms with Crippen LogP contribution in [0.25, 0.3) is 0 Å². The van der Waals surface area contributed by atoms with Crippen molar-refractivity contribution in [2.45, 2.75) is 147 Å². The Labute approximate surface area is 377 Å². The highest BCUT2D eigenvalue weighted by molar-refractivity contribution is 7.93. The summed E-state index contributed by atoms with van der Waals surface area (Å²) in [4.78, 5) is 11.4. The molecule has 2 aromatic rings. The lowest BCUT2D eigenvalue weighted by molar-refractivity contribution is 0.213. The smallest absolute Gasteiger partial charge is 0.238 e. The predicted molar refractivity (Wildman–Crippen MR) is 253 cm³/mol. The molecule has 6 rings (SSSR count). The van der Waals surface area contributed by atoms with Crippen LogP contribution in [0.4, 0.5) is 10.1 Å². The highest BCUT2D eigenvalue weighted by Gasteiger charge is 2.38. The molecular formula is C49H74FN5O6S2. The number of methoxy groups -OCH3 is 1. The minimum absolute atomic E-state index is 0.143. The molecule has 14 heteroatoms. The second kappa shape index (κ2) is 22.9. The van der Waals surface area contributed by atoms with Crippen LogP contribution in [0, 0.1) is 34.5 Å². The molecule has 2 aromatic carbocycles. The molecule has 2 saturated carbocycles. The molecule has 4 aliphatic carbocycles. The van der Waals surface area contributed by atoms with Crippen molar-refractivity contribution in [1.82, 2.24) is 20.1 Å². The topological polar surface area (TPSA) is 155 Å². The fourth-order valence-corrected chi connectivity index (χ4v) is 12.7. The minimum Gasteiger partial charge on any atom is -0.497 e. The van der Waals surface area contributed by atoms with Gasteiger partial charge in [-0.25, -0.2) is 30.7 Å². The molecule has 0 aliphatic heterocycles. The molecule has 5 unspecified atom stereocenters. The molecule has 5 atom stereocenters. The van der Waals surface area contributed by atoms with E-state index in [1.807, 2.05) is 12.1 Å². The maximum atomic E-state index is 12.9. The van der Waals surface area contributed by atoms with Gasteiger partial charge in [-0.2, -0.15) is 0 Å². The van der Waals surface area contributed by atoms with Crippen LogP contribution in [0.5, 0.6) is 5.75 Å². The van der Waals surface area contributed by atoms with Crippen molar-refractivity contribution in [2.24, 2.45) is 34.8 Å². The maximum absolute atomic E-state index is 12.9. The van der Waals surface area contributed by atoms with E-state index in [9.17, 15) is 26.1 Å². The number of halogens is 1. The van der Waals surface area contributed by atoms with Gasteiger partial charge in [0, 0.05) is 30.1 Å². The molecule has 0 amide bonds. The highest BCUT2D eigenvalue weighted by Crippen LogP contribution is 2.44. The summed E-state index contributed by atoms with van der Waals surface area (Å²) in [6.45, 7) is 11.4. The lowest BCUT2D eigenvalue weighted by Crippen LogP contribution is -2.47. The summed E-state index contributed by atoms with van der Waals surface area (Å²) >= 11 is 0. The first-order chi connectivity index (χ1) is 30.2. The Morgan fingerprint density at radius 2 is 1.35 bits per heavy atom. The minimum atomic E-state index is -3.77. The molecule has 0 spiro atoms. The van der Waals surface area contributed by atoms with Gasteiger partial charge in [-0.1, -0.05) is 38.5 Å². The van der Waals surface area contributed by atoms with Crippen molar-refractivity contribution in [1.29, 1.82) is 0 Å². The predicted octanol–water partition coefficient (Wildman–Crippen LogP) is 9.78. The fourth-order valence-electron chi connectivity index (χ4n) is 11.2. The first-order valence-electron chi connectivity index (χ1n) is 23.8. The number of rotatable bonds is 22. The SMILES string of the molecule is C=C(C)S(=O)(=O)NCC1CCC(CNC2C(CCCC3c4ccc(N=O)cc4CCC3NCC3CCC(CNS(=O)(=O)/C(C)=C\F)CC3)Cc3cc(OC)ccc3C2CCC)CC1. The number of sulfonamides is 2. The summed E-state index contributed by atoms with van der Waals surface area (Å²) in [7, 11) is -5.46. The van der Waals surface area contributed by atoms with Crippen LogP contribution in [0.1, 0.15) is 145 Å². The number of fused-ring (bicyclic) bond motifs is 2. The Hall–Kier alpha value is -3.01. The largest absolute Gasteiger partial charge is 0.497 e. The monoisotopic (exact) mass is 912 g/mol. The summed E-state index contributed by atoms with van der Waals surface area (Å²) in [5.74, 6) is 3.77. The van der Waals surface area contributed by atoms with Crippen molar-refractivity contribution in [3.8, 4) is 5.75 Å². The molecule has 11 nitrogen and oxygen atoms in total. The number of ether oxygens (including phenoxy) is 1. The Morgan fingerprint density at radius 1 is 0.762 bits per heavy atom. The average molecular weight is 912 g/mol. The zero-order valence-corrected chi connectivity index (χ0v) is 39.8. The van der Waals surface area contributed by atoms with Crippen LogP contribution in [-0.4, -0.2) is 62.2 Å². The lowest BCUT2D eigenvalue weighted by atomic mass is 9.69. The zero-order chi connectivity index (χ0) is 45.1. The van der Waals surface area contributed by atoms with E-state index in [-0.39, 0.29) is 22.1 Å². The standard InChI is InChI=1S/C49H74FN5O6S2/c1-6-8-47-45-23-21-43(61-5)27-41(45)25-40(49(47)52-30-36-13-17-37(18-14-36)31-53-62(57,58)33(2)3)9-7-10-46-44-22-20-42(55-56)26-39(44)19-24-48(46)51-29-35-11-15-38(16-12-35)32-54-63(59,60)34(4)28-50/h20-23,26-28,35-38,40,46-49,51-54H,2,6-19,24-25,29-32H2,1,3-5H3/b34-28-. The van der Waals surface area contributed by atoms with Gasteiger partial charge in [-0.3, -0.25) is 0 Å². The van der Waals surface area contributed by atoms with Gasteiger partial charge in [0.25, 0.3) is 0 Å². The third-order valence-corrected chi connectivity index (χ3v) is 18.1. The van der Waals surface area contributed by atoms with Gasteiger partial charge >= 0.3 is 0 Å². The fraction of sp³-hybridized carbons (Fsp3) is 0.673. The van der Waals surface area contributed by atoms with Gasteiger partial charge in [-0.05, 0) is 210 Å². The molecule has 0 heterocycles. The number of nitroso groups, excluding NO2 is 1. The average Bonchev–Trinajstić information content (AvgIpc) is 3.29. The second-order valence-corrected chi connectivity index (χ2v) is 23.3. The van der Waals surface area contributed by atoms with Crippen LogP contribution < -0.4 is 24.8 Å². The number of nitrogens with zero attached hydrogens (tertiary/aromatic N) is 1. The molecule has 63 heavy (non-hydrogen) atoms. The van der Waals surface area contributed by atoms with E-state index in [0.29, 0.717) is 66.4 Å². The number of aryl methyl sites for hydroxylation is 1. The Kier molecular flexibility index (Phi) is 18.0. The molecular weight excluding hydrogens is 838 g/mol. The van der Waals surface area contributed by atoms with Crippen molar-refractivity contribution < 1.29 is 26.0 Å². The van der Waals surface area contributed by atoms with E-state index < -0.39 is 20.0 Å². The van der Waals surface area contributed by atoms with Crippen LogP contribution in [-0.2, 0) is 32.9 Å². The lowest BCUT2D eigenvalue weighted by Gasteiger charge is -2.42. The van der Waals surface area contributed by atoms with Gasteiger partial charge in [0.1, 0.15) is 17.8 Å². The van der Waals surface area contributed by atoms with Crippen molar-refractivity contribution in [3.63, 3.8) is 0 Å². The molecule has 4 aliphatic rings. The summed E-state index contributed by atoms with van der Waals surface area (Å²) in [6.07, 6.45) is 16.7. The van der Waals surface area contributed by atoms with Gasteiger partial charge < -0.3 is 15.4 Å². The maximum Gasteiger partial charge on any atom is 0.238 e. The van der Waals surface area contributed by atoms with E-state index in [1.165, 1.54) is 36.1 Å². The number of allylic oxidation sites excluding steroid dienone is 2. The Bertz CT molecular complexity index is 2100. The van der Waals surface area contributed by atoms with Crippen LogP contribution in [0.15, 0.2) is 64.3 Å². The molecule has 0 radical (unpaired) electrons. The summed E-state index contributed by atoms with van der Waals surface area (Å²) < 4.78 is 73.1. The summed E-state index contributed by atoms with van der Waals surface area (Å²) in [6, 6.07) is 13.4. The first kappa shape index (κ1) is 49.4. The van der Waals surface area contributed by atoms with Crippen molar-refractivity contribution in [2.75, 3.05) is 33.3 Å². The Morgan fingerprint density at radius 3 is 1.94 bits per heavy atom. The van der Waals surface area contributed by atoms with E-state index in [4.69, 9.17) is 4.74 Å². The van der Waals surface area contributed by atoms with Crippen molar-refractivity contribution in [3.05, 3.63) is 86.3 Å². The molecule has 2 fully saturated rings. The second-order valence-electron chi connectivity index (χ2n) is 19.3. The van der Waals surface area contributed by atoms with Gasteiger partial charge in [0.2, 0.25) is 20.0 Å². The quantitative estimate of drug-likeness (QED) is 0.0852. The molecule has 0 bridgehead atoms. The van der Waals surface area contributed by atoms with E-state index in [0.717, 1.165) is 122 Å². The van der Waals surface area contributed by atoms with Gasteiger partial charge in [-0.15, -0.1) is 4.91 Å². The van der Waals surface area contributed by atoms with Crippen LogP contribution >= 0.6 is 0 Å². The Balaban J connectivity index is 1.10. The molecule has 0 saturated heterocycles. The third kappa shape index (κ3) is 13.1. The van der Waals surface area contributed by atoms with Gasteiger partial charge in [0.15, 0.2) is 0 Å². The normalized spacial score (nSPS) is 27.9. The summed E-state index contributed by atoms with van der Waals surface area (Å²) in [5, 5.41) is 11.5. The molecule has 350 valence electrons. The number of nitrogens with one attached hydrogen (secondary N) is 4. The van der Waals surface area contributed by atoms with E-state index in [2.05, 4.69) is 63.0 Å². The molecule has 0 aromatic heterocycles. The highest BCUT2D eigenvalue weighted by atomic mass is 32.2. The number of hydrogen-bond donors (Lipinski definition) is 4. The van der Waals surface area contributed by atoms with Crippen LogP contribution in [0.3, 0.4) is 0 Å². The summed E-state index contributed by atoms with van der Waals surface area (Å²) in [5.41, 5.74) is 5.91. The van der Waals surface area contributed by atoms with Crippen LogP contribution in [0.2, 0.25) is 0 Å². The zero-order valence-electron chi connectivity index (χ0n) is 38.2. The first-order valence-corrected chi connectivity index (χ1v) is 26.7. The van der Waals surface area contributed by atoms with E-state index >= 15 is 0 Å². The number of benzene rings is 2.